The predicted molar refractivity (Wildman–Crippen MR) is 61.6 cm³/mol. The van der Waals surface area contributed by atoms with Crippen molar-refractivity contribution >= 4 is 13.3 Å². The summed E-state index contributed by atoms with van der Waals surface area (Å²) >= 11 is 0. The molecule has 0 unspecified atom stereocenters. The first-order valence-corrected chi connectivity index (χ1v) is 5.33. The molecule has 0 bridgehead atoms. The normalized spacial score (nSPS) is 21.9. The molecule has 1 aliphatic heterocycles. The van der Waals surface area contributed by atoms with Gasteiger partial charge >= 0.3 is 7.32 Å². The van der Waals surface area contributed by atoms with Crippen LogP contribution in [0.2, 0.25) is 0 Å². The zero-order valence-corrected chi connectivity index (χ0v) is 10.6. The zero-order valence-electron chi connectivity index (χ0n) is 10.6. The first-order valence-electron chi connectivity index (χ1n) is 5.33. The minimum absolute atomic E-state index is 0.185. The first-order chi connectivity index (χ1) is 7.14. The van der Waals surface area contributed by atoms with E-state index in [0.29, 0.717) is 0 Å². The Balaban J connectivity index is 2.54. The lowest BCUT2D eigenvalue weighted by atomic mass is 9.90. The molecular formula is C11H19BO4. The molecule has 0 atom stereocenters. The van der Waals surface area contributed by atoms with Crippen LogP contribution in [0, 0.1) is 0 Å². The van der Waals surface area contributed by atoms with E-state index in [4.69, 9.17) is 14.0 Å². The average Bonchev–Trinajstić information content (AvgIpc) is 2.16. The van der Waals surface area contributed by atoms with Crippen molar-refractivity contribution in [3.63, 3.8) is 0 Å². The SMILES string of the molecule is C=C(C)CC(=O)OB1OC(C)(C)C(C)(C)O1. The Morgan fingerprint density at radius 2 is 1.69 bits per heavy atom. The standard InChI is InChI=1S/C11H19BO4/c1-8(2)7-9(13)14-12-15-10(3,4)11(5,6)16-12/h1,7H2,2-6H3. The summed E-state index contributed by atoms with van der Waals surface area (Å²) in [5, 5.41) is 0. The molecule has 1 heterocycles. The fourth-order valence-electron chi connectivity index (χ4n) is 1.23. The largest absolute Gasteiger partial charge is 0.716 e. The van der Waals surface area contributed by atoms with Gasteiger partial charge in [-0.2, -0.15) is 0 Å². The molecule has 0 spiro atoms. The van der Waals surface area contributed by atoms with Gasteiger partial charge in [0.25, 0.3) is 5.97 Å². The van der Waals surface area contributed by atoms with Crippen molar-refractivity contribution in [3.05, 3.63) is 12.2 Å². The number of carbonyl (C=O) groups excluding carboxylic acids is 1. The number of rotatable bonds is 3. The van der Waals surface area contributed by atoms with Crippen molar-refractivity contribution in [2.24, 2.45) is 0 Å². The van der Waals surface area contributed by atoms with Crippen LogP contribution < -0.4 is 0 Å². The molecule has 0 aliphatic carbocycles. The Kier molecular flexibility index (Phi) is 3.50. The van der Waals surface area contributed by atoms with Gasteiger partial charge in [-0.1, -0.05) is 12.2 Å². The average molecular weight is 226 g/mol. The minimum atomic E-state index is -0.920. The van der Waals surface area contributed by atoms with Crippen LogP contribution in [-0.2, 0) is 18.8 Å². The minimum Gasteiger partial charge on any atom is -0.485 e. The Morgan fingerprint density at radius 1 is 1.25 bits per heavy atom. The molecule has 5 heteroatoms. The van der Waals surface area contributed by atoms with Crippen LogP contribution in [0.4, 0.5) is 0 Å². The predicted octanol–water partition coefficient (Wildman–Crippen LogP) is 2.08. The molecule has 0 N–H and O–H groups in total. The third-order valence-electron chi connectivity index (χ3n) is 2.91. The van der Waals surface area contributed by atoms with E-state index in [9.17, 15) is 4.79 Å². The molecule has 16 heavy (non-hydrogen) atoms. The van der Waals surface area contributed by atoms with Gasteiger partial charge in [0.15, 0.2) is 0 Å². The second-order valence-corrected chi connectivity index (χ2v) is 5.17. The van der Waals surface area contributed by atoms with Gasteiger partial charge in [0.05, 0.1) is 17.6 Å². The van der Waals surface area contributed by atoms with Crippen molar-refractivity contribution in [1.29, 1.82) is 0 Å². The summed E-state index contributed by atoms with van der Waals surface area (Å²) in [5.74, 6) is -0.383. The molecule has 1 fully saturated rings. The quantitative estimate of drug-likeness (QED) is 0.545. The maximum atomic E-state index is 11.4. The molecule has 0 amide bonds. The van der Waals surface area contributed by atoms with Gasteiger partial charge in [0.1, 0.15) is 0 Å². The molecule has 4 nitrogen and oxygen atoms in total. The zero-order chi connectivity index (χ0) is 12.6. The van der Waals surface area contributed by atoms with E-state index in [1.54, 1.807) is 6.92 Å². The van der Waals surface area contributed by atoms with Gasteiger partial charge in [-0.05, 0) is 34.6 Å². The summed E-state index contributed by atoms with van der Waals surface area (Å²) in [6.45, 7) is 13.0. The second-order valence-electron chi connectivity index (χ2n) is 5.17. The first kappa shape index (κ1) is 13.3. The van der Waals surface area contributed by atoms with Crippen molar-refractivity contribution in [2.45, 2.75) is 52.2 Å². The van der Waals surface area contributed by atoms with Crippen LogP contribution in [0.15, 0.2) is 12.2 Å². The van der Waals surface area contributed by atoms with Gasteiger partial charge in [-0.3, -0.25) is 4.79 Å². The fourth-order valence-corrected chi connectivity index (χ4v) is 1.23. The molecule has 0 saturated carbocycles. The molecule has 1 rings (SSSR count). The molecule has 1 saturated heterocycles. The van der Waals surface area contributed by atoms with E-state index >= 15 is 0 Å². The molecule has 0 radical (unpaired) electrons. The van der Waals surface area contributed by atoms with Crippen LogP contribution >= 0.6 is 0 Å². The number of hydrogen-bond donors (Lipinski definition) is 0. The molecular weight excluding hydrogens is 207 g/mol. The highest BCUT2D eigenvalue weighted by Crippen LogP contribution is 2.36. The summed E-state index contributed by atoms with van der Waals surface area (Å²) in [7, 11) is -0.920. The Bertz CT molecular complexity index is 293. The Morgan fingerprint density at radius 3 is 2.06 bits per heavy atom. The van der Waals surface area contributed by atoms with Crippen LogP contribution in [0.25, 0.3) is 0 Å². The highest BCUT2D eigenvalue weighted by molar-refractivity contribution is 6.40. The molecule has 0 aromatic carbocycles. The van der Waals surface area contributed by atoms with E-state index in [1.165, 1.54) is 0 Å². The van der Waals surface area contributed by atoms with Crippen LogP contribution in [0.3, 0.4) is 0 Å². The van der Waals surface area contributed by atoms with Crippen molar-refractivity contribution in [2.75, 3.05) is 0 Å². The van der Waals surface area contributed by atoms with Crippen molar-refractivity contribution < 1.29 is 18.8 Å². The highest BCUT2D eigenvalue weighted by atomic mass is 16.8. The van der Waals surface area contributed by atoms with Gasteiger partial charge in [-0.25, -0.2) is 0 Å². The van der Waals surface area contributed by atoms with Gasteiger partial charge in [0.2, 0.25) is 0 Å². The number of hydrogen-bond acceptors (Lipinski definition) is 4. The van der Waals surface area contributed by atoms with E-state index in [-0.39, 0.29) is 12.4 Å². The Labute approximate surface area is 97.1 Å². The summed E-state index contributed by atoms with van der Waals surface area (Å²) in [4.78, 5) is 11.4. The fraction of sp³-hybridized carbons (Fsp3) is 0.727. The lowest BCUT2D eigenvalue weighted by Gasteiger charge is -2.31. The number of carbonyl (C=O) groups is 1. The summed E-state index contributed by atoms with van der Waals surface area (Å²) in [6, 6.07) is 0. The van der Waals surface area contributed by atoms with Crippen LogP contribution in [0.5, 0.6) is 0 Å². The highest BCUT2D eigenvalue weighted by Gasteiger charge is 2.54. The topological polar surface area (TPSA) is 44.8 Å². The van der Waals surface area contributed by atoms with E-state index in [2.05, 4.69) is 6.58 Å². The van der Waals surface area contributed by atoms with Gasteiger partial charge in [-0.15, -0.1) is 0 Å². The lowest BCUT2D eigenvalue weighted by molar-refractivity contribution is -0.136. The third-order valence-corrected chi connectivity index (χ3v) is 2.91. The summed E-state index contributed by atoms with van der Waals surface area (Å²) in [6.07, 6.45) is 0.185. The van der Waals surface area contributed by atoms with E-state index < -0.39 is 18.5 Å². The van der Waals surface area contributed by atoms with Crippen molar-refractivity contribution in [3.8, 4) is 0 Å². The van der Waals surface area contributed by atoms with E-state index in [1.807, 2.05) is 27.7 Å². The summed E-state index contributed by atoms with van der Waals surface area (Å²) in [5.41, 5.74) is -0.218. The van der Waals surface area contributed by atoms with E-state index in [0.717, 1.165) is 5.57 Å². The smallest absolute Gasteiger partial charge is 0.485 e. The summed E-state index contributed by atoms with van der Waals surface area (Å²) < 4.78 is 16.1. The Hall–Kier alpha value is -0.805. The van der Waals surface area contributed by atoms with Crippen LogP contribution in [-0.4, -0.2) is 24.5 Å². The maximum Gasteiger partial charge on any atom is 0.716 e. The molecule has 90 valence electrons. The second kappa shape index (κ2) is 4.22. The van der Waals surface area contributed by atoms with Gasteiger partial charge in [0, 0.05) is 0 Å². The molecule has 0 aromatic heterocycles. The maximum absolute atomic E-state index is 11.4. The molecule has 1 aliphatic rings. The lowest BCUT2D eigenvalue weighted by Crippen LogP contribution is -2.41. The third kappa shape index (κ3) is 2.86. The monoisotopic (exact) mass is 226 g/mol. The molecule has 0 aromatic rings. The van der Waals surface area contributed by atoms with Gasteiger partial charge < -0.3 is 14.0 Å². The van der Waals surface area contributed by atoms with Crippen LogP contribution in [0.1, 0.15) is 41.0 Å². The van der Waals surface area contributed by atoms with Crippen molar-refractivity contribution in [1.82, 2.24) is 0 Å².